The van der Waals surface area contributed by atoms with Gasteiger partial charge in [-0.3, -0.25) is 9.59 Å². The highest BCUT2D eigenvalue weighted by Crippen LogP contribution is 2.44. The van der Waals surface area contributed by atoms with Gasteiger partial charge in [0.25, 0.3) is 5.91 Å². The third-order valence-corrected chi connectivity index (χ3v) is 5.50. The van der Waals surface area contributed by atoms with Crippen LogP contribution in [0.4, 0.5) is 0 Å². The summed E-state index contributed by atoms with van der Waals surface area (Å²) in [6.07, 6.45) is 0.196. The standard InChI is InChI=1S/C21H24N4O4/c1-28-16-9-13(7-8-15(16)29-11-17(22)26)14-10-18(27)23-21-19(14)20(24-25-21)12-5-3-2-4-6-12/h2-9,14,19-21,24-25H,10-11H2,1H3,(H2,22,26)(H,23,27). The Labute approximate surface area is 168 Å². The van der Waals surface area contributed by atoms with Crippen LogP contribution in [-0.4, -0.2) is 31.7 Å². The number of amides is 2. The molecule has 2 aliphatic heterocycles. The Morgan fingerprint density at radius 2 is 1.90 bits per heavy atom. The lowest BCUT2D eigenvalue weighted by molar-refractivity contribution is -0.125. The van der Waals surface area contributed by atoms with Crippen molar-refractivity contribution < 1.29 is 19.1 Å². The molecule has 4 unspecified atom stereocenters. The molecule has 8 heteroatoms. The highest BCUT2D eigenvalue weighted by atomic mass is 16.5. The van der Waals surface area contributed by atoms with Crippen LogP contribution >= 0.6 is 0 Å². The molecule has 152 valence electrons. The Morgan fingerprint density at radius 3 is 2.62 bits per heavy atom. The van der Waals surface area contributed by atoms with E-state index >= 15 is 0 Å². The van der Waals surface area contributed by atoms with Gasteiger partial charge in [-0.1, -0.05) is 36.4 Å². The molecule has 0 aromatic heterocycles. The van der Waals surface area contributed by atoms with E-state index in [4.69, 9.17) is 15.2 Å². The lowest BCUT2D eigenvalue weighted by atomic mass is 9.74. The first-order chi connectivity index (χ1) is 14.1. The molecule has 0 saturated carbocycles. The van der Waals surface area contributed by atoms with Crippen molar-refractivity contribution in [3.63, 3.8) is 0 Å². The maximum Gasteiger partial charge on any atom is 0.255 e. The van der Waals surface area contributed by atoms with E-state index in [1.165, 1.54) is 7.11 Å². The number of hydrogen-bond acceptors (Lipinski definition) is 6. The number of benzene rings is 2. The minimum Gasteiger partial charge on any atom is -0.493 e. The molecule has 0 aliphatic carbocycles. The van der Waals surface area contributed by atoms with Crippen LogP contribution in [0.1, 0.15) is 29.5 Å². The SMILES string of the molecule is COc1cc(C2CC(=O)NC3NNC(c4ccccc4)C32)ccc1OCC(N)=O. The zero-order chi connectivity index (χ0) is 20.4. The first-order valence-electron chi connectivity index (χ1n) is 9.51. The van der Waals surface area contributed by atoms with Crippen LogP contribution in [0.3, 0.4) is 0 Å². The number of hydrazine groups is 1. The van der Waals surface area contributed by atoms with E-state index < -0.39 is 5.91 Å². The van der Waals surface area contributed by atoms with Crippen molar-refractivity contribution in [2.45, 2.75) is 24.5 Å². The average Bonchev–Trinajstić information content (AvgIpc) is 3.15. The number of methoxy groups -OCH3 is 1. The first kappa shape index (κ1) is 19.2. The molecule has 0 radical (unpaired) electrons. The summed E-state index contributed by atoms with van der Waals surface area (Å²) in [5.41, 5.74) is 13.8. The van der Waals surface area contributed by atoms with Gasteiger partial charge in [0.15, 0.2) is 18.1 Å². The van der Waals surface area contributed by atoms with E-state index in [1.807, 2.05) is 30.3 Å². The summed E-state index contributed by atoms with van der Waals surface area (Å²) in [5, 5.41) is 3.03. The quantitative estimate of drug-likeness (QED) is 0.578. The molecule has 5 N–H and O–H groups in total. The Bertz CT molecular complexity index is 905. The van der Waals surface area contributed by atoms with E-state index in [-0.39, 0.29) is 36.6 Å². The highest BCUT2D eigenvalue weighted by molar-refractivity contribution is 5.78. The van der Waals surface area contributed by atoms with E-state index in [9.17, 15) is 9.59 Å². The van der Waals surface area contributed by atoms with E-state index in [2.05, 4.69) is 28.3 Å². The molecule has 4 atom stereocenters. The summed E-state index contributed by atoms with van der Waals surface area (Å²) >= 11 is 0. The maximum atomic E-state index is 12.3. The van der Waals surface area contributed by atoms with Crippen LogP contribution in [0.5, 0.6) is 11.5 Å². The fourth-order valence-corrected chi connectivity index (χ4v) is 4.22. The van der Waals surface area contributed by atoms with E-state index in [0.29, 0.717) is 17.9 Å². The number of carbonyl (C=O) groups excluding carboxylic acids is 2. The Hall–Kier alpha value is -3.10. The monoisotopic (exact) mass is 396 g/mol. The van der Waals surface area contributed by atoms with Crippen molar-refractivity contribution in [3.05, 3.63) is 59.7 Å². The van der Waals surface area contributed by atoms with Gasteiger partial charge in [-0.2, -0.15) is 0 Å². The normalized spacial score (nSPS) is 25.8. The second kappa shape index (κ2) is 8.10. The summed E-state index contributed by atoms with van der Waals surface area (Å²) in [5.74, 6) is 0.456. The summed E-state index contributed by atoms with van der Waals surface area (Å²) < 4.78 is 10.9. The second-order valence-electron chi connectivity index (χ2n) is 7.28. The average molecular weight is 396 g/mol. The predicted octanol–water partition coefficient (Wildman–Crippen LogP) is 0.954. The summed E-state index contributed by atoms with van der Waals surface area (Å²) in [6.45, 7) is -0.226. The zero-order valence-corrected chi connectivity index (χ0v) is 16.1. The smallest absolute Gasteiger partial charge is 0.255 e. The van der Waals surface area contributed by atoms with Gasteiger partial charge in [0.1, 0.15) is 0 Å². The Morgan fingerprint density at radius 1 is 1.10 bits per heavy atom. The highest BCUT2D eigenvalue weighted by Gasteiger charge is 2.46. The van der Waals surface area contributed by atoms with Crippen molar-refractivity contribution in [1.29, 1.82) is 0 Å². The molecular formula is C21H24N4O4. The number of nitrogens with two attached hydrogens (primary N) is 1. The van der Waals surface area contributed by atoms with Crippen LogP contribution in [0.15, 0.2) is 48.5 Å². The van der Waals surface area contributed by atoms with Crippen molar-refractivity contribution in [3.8, 4) is 11.5 Å². The minimum absolute atomic E-state index is 0.00714. The molecular weight excluding hydrogens is 372 g/mol. The Balaban J connectivity index is 1.66. The zero-order valence-electron chi connectivity index (χ0n) is 16.1. The van der Waals surface area contributed by atoms with Gasteiger partial charge in [0.2, 0.25) is 5.91 Å². The molecule has 2 amide bonds. The fraction of sp³-hybridized carbons (Fsp3) is 0.333. The summed E-state index contributed by atoms with van der Waals surface area (Å²) in [4.78, 5) is 23.4. The number of nitrogens with one attached hydrogen (secondary N) is 3. The van der Waals surface area contributed by atoms with Crippen LogP contribution in [0, 0.1) is 5.92 Å². The molecule has 0 bridgehead atoms. The van der Waals surface area contributed by atoms with E-state index in [0.717, 1.165) is 11.1 Å². The van der Waals surface area contributed by atoms with Crippen LogP contribution in [0.25, 0.3) is 0 Å². The summed E-state index contributed by atoms with van der Waals surface area (Å²) in [6, 6.07) is 15.8. The molecule has 2 saturated heterocycles. The largest absolute Gasteiger partial charge is 0.493 e. The number of piperidine rings is 1. The Kier molecular flexibility index (Phi) is 5.37. The molecule has 2 aliphatic rings. The molecule has 2 fully saturated rings. The minimum atomic E-state index is -0.559. The van der Waals surface area contributed by atoms with Crippen LogP contribution in [-0.2, 0) is 9.59 Å². The molecule has 4 rings (SSSR count). The number of carbonyl (C=O) groups is 2. The lowest BCUT2D eigenvalue weighted by Gasteiger charge is -2.36. The van der Waals surface area contributed by atoms with Gasteiger partial charge in [-0.15, -0.1) is 0 Å². The number of ether oxygens (including phenoxy) is 2. The van der Waals surface area contributed by atoms with Crippen molar-refractivity contribution in [2.75, 3.05) is 13.7 Å². The van der Waals surface area contributed by atoms with Gasteiger partial charge < -0.3 is 20.5 Å². The number of fused-ring (bicyclic) bond motifs is 1. The number of rotatable bonds is 6. The first-order valence-corrected chi connectivity index (χ1v) is 9.51. The summed E-state index contributed by atoms with van der Waals surface area (Å²) in [7, 11) is 1.54. The van der Waals surface area contributed by atoms with Crippen molar-refractivity contribution in [2.24, 2.45) is 11.7 Å². The van der Waals surface area contributed by atoms with Gasteiger partial charge in [0.05, 0.1) is 19.3 Å². The molecule has 29 heavy (non-hydrogen) atoms. The topological polar surface area (TPSA) is 115 Å². The van der Waals surface area contributed by atoms with Crippen molar-refractivity contribution >= 4 is 11.8 Å². The number of primary amides is 1. The third kappa shape index (κ3) is 3.90. The van der Waals surface area contributed by atoms with Gasteiger partial charge in [-0.05, 0) is 23.3 Å². The van der Waals surface area contributed by atoms with Gasteiger partial charge in [0, 0.05) is 18.3 Å². The molecule has 8 nitrogen and oxygen atoms in total. The van der Waals surface area contributed by atoms with E-state index in [1.54, 1.807) is 6.07 Å². The van der Waals surface area contributed by atoms with Crippen LogP contribution in [0.2, 0.25) is 0 Å². The molecule has 2 aromatic rings. The number of hydrogen-bond donors (Lipinski definition) is 4. The van der Waals surface area contributed by atoms with Crippen molar-refractivity contribution in [1.82, 2.24) is 16.2 Å². The molecule has 0 spiro atoms. The van der Waals surface area contributed by atoms with Gasteiger partial charge >= 0.3 is 0 Å². The van der Waals surface area contributed by atoms with Crippen LogP contribution < -0.4 is 31.4 Å². The fourth-order valence-electron chi connectivity index (χ4n) is 4.22. The second-order valence-corrected chi connectivity index (χ2v) is 7.28. The van der Waals surface area contributed by atoms with Gasteiger partial charge in [-0.25, -0.2) is 10.9 Å². The molecule has 2 aromatic carbocycles. The third-order valence-electron chi connectivity index (χ3n) is 5.50. The molecule has 2 heterocycles. The predicted molar refractivity (Wildman–Crippen MR) is 106 cm³/mol. The lowest BCUT2D eigenvalue weighted by Crippen LogP contribution is -2.52. The maximum absolute atomic E-state index is 12.3.